The Kier molecular flexibility index (Phi) is 4.09. The van der Waals surface area contributed by atoms with Gasteiger partial charge in [0, 0.05) is 18.7 Å². The van der Waals surface area contributed by atoms with Gasteiger partial charge in [0.1, 0.15) is 5.75 Å². The van der Waals surface area contributed by atoms with Crippen molar-refractivity contribution in [2.24, 2.45) is 11.7 Å². The molecule has 0 atom stereocenters. The summed E-state index contributed by atoms with van der Waals surface area (Å²) in [5.74, 6) is 1.40. The molecule has 1 aromatic heterocycles. The summed E-state index contributed by atoms with van der Waals surface area (Å²) in [7, 11) is 0. The van der Waals surface area contributed by atoms with Gasteiger partial charge < -0.3 is 10.5 Å². The highest BCUT2D eigenvalue weighted by Gasteiger charge is 2.01. The first-order chi connectivity index (χ1) is 7.08. The van der Waals surface area contributed by atoms with E-state index in [1.54, 1.807) is 6.20 Å². The van der Waals surface area contributed by atoms with E-state index in [1.807, 2.05) is 12.1 Å². The highest BCUT2D eigenvalue weighted by atomic mass is 16.5. The molecule has 0 amide bonds. The van der Waals surface area contributed by atoms with Crippen molar-refractivity contribution < 1.29 is 4.74 Å². The Morgan fingerprint density at radius 3 is 2.93 bits per heavy atom. The Bertz CT molecular complexity index is 336. The average Bonchev–Trinajstić information content (AvgIpc) is 2.14. The molecule has 0 saturated carbocycles. The Morgan fingerprint density at radius 1 is 1.60 bits per heavy atom. The molecule has 0 fully saturated rings. The van der Waals surface area contributed by atoms with E-state index in [-0.39, 0.29) is 5.84 Å². The largest absolute Gasteiger partial charge is 0.493 e. The number of hydrogen-bond donors (Lipinski definition) is 2. The van der Waals surface area contributed by atoms with Crippen molar-refractivity contribution in [3.63, 3.8) is 0 Å². The maximum atomic E-state index is 7.17. The summed E-state index contributed by atoms with van der Waals surface area (Å²) in [5.41, 5.74) is 6.07. The fourth-order valence-electron chi connectivity index (χ4n) is 1.10. The molecule has 4 nitrogen and oxygen atoms in total. The molecule has 0 aliphatic rings. The number of nitrogens with one attached hydrogen (secondary N) is 1. The van der Waals surface area contributed by atoms with Crippen LogP contribution in [0.25, 0.3) is 0 Å². The molecule has 1 aromatic rings. The van der Waals surface area contributed by atoms with Gasteiger partial charge in [-0.1, -0.05) is 13.8 Å². The molecule has 0 unspecified atom stereocenters. The van der Waals surface area contributed by atoms with Crippen molar-refractivity contribution in [1.29, 1.82) is 5.41 Å². The van der Waals surface area contributed by atoms with Crippen molar-refractivity contribution in [2.75, 3.05) is 6.61 Å². The van der Waals surface area contributed by atoms with Gasteiger partial charge in [-0.05, 0) is 12.0 Å². The SMILES string of the molecule is CC(C)COc1ccnc(CC(=N)N)c1. The highest BCUT2D eigenvalue weighted by molar-refractivity contribution is 5.79. The van der Waals surface area contributed by atoms with E-state index < -0.39 is 0 Å². The third kappa shape index (κ3) is 4.44. The molecule has 3 N–H and O–H groups in total. The molecule has 1 heterocycles. The Hall–Kier alpha value is -1.58. The van der Waals surface area contributed by atoms with Crippen molar-refractivity contribution in [1.82, 2.24) is 4.98 Å². The number of amidine groups is 1. The lowest BCUT2D eigenvalue weighted by atomic mass is 10.2. The zero-order valence-corrected chi connectivity index (χ0v) is 9.16. The standard InChI is InChI=1S/C11H17N3O/c1-8(2)7-15-10-3-4-14-9(5-10)6-11(12)13/h3-5,8H,6-7H2,1-2H3,(H3,12,13). The van der Waals surface area contributed by atoms with Crippen LogP contribution in [-0.2, 0) is 6.42 Å². The minimum atomic E-state index is 0.114. The number of nitrogens with zero attached hydrogens (tertiary/aromatic N) is 1. The molecule has 0 bridgehead atoms. The van der Waals surface area contributed by atoms with E-state index in [0.29, 0.717) is 18.9 Å². The van der Waals surface area contributed by atoms with Crippen molar-refractivity contribution in [3.8, 4) is 5.75 Å². The Morgan fingerprint density at radius 2 is 2.33 bits per heavy atom. The molecular formula is C11H17N3O. The van der Waals surface area contributed by atoms with Crippen molar-refractivity contribution in [3.05, 3.63) is 24.0 Å². The highest BCUT2D eigenvalue weighted by Crippen LogP contribution is 2.12. The van der Waals surface area contributed by atoms with Crippen LogP contribution in [0.2, 0.25) is 0 Å². The molecule has 1 rings (SSSR count). The predicted molar refractivity (Wildman–Crippen MR) is 60.2 cm³/mol. The first-order valence-electron chi connectivity index (χ1n) is 4.98. The van der Waals surface area contributed by atoms with E-state index in [4.69, 9.17) is 15.9 Å². The van der Waals surface area contributed by atoms with Crippen LogP contribution in [0.4, 0.5) is 0 Å². The van der Waals surface area contributed by atoms with Gasteiger partial charge in [-0.3, -0.25) is 10.4 Å². The van der Waals surface area contributed by atoms with Crippen LogP contribution in [0.15, 0.2) is 18.3 Å². The molecule has 0 radical (unpaired) electrons. The molecule has 0 spiro atoms. The third-order valence-corrected chi connectivity index (χ3v) is 1.74. The third-order valence-electron chi connectivity index (χ3n) is 1.74. The lowest BCUT2D eigenvalue weighted by Gasteiger charge is -2.09. The monoisotopic (exact) mass is 207 g/mol. The molecule has 0 aromatic carbocycles. The number of nitrogens with two attached hydrogens (primary N) is 1. The van der Waals surface area contributed by atoms with Crippen LogP contribution in [0.1, 0.15) is 19.5 Å². The number of pyridine rings is 1. The van der Waals surface area contributed by atoms with Crippen LogP contribution >= 0.6 is 0 Å². The second kappa shape index (κ2) is 5.34. The van der Waals surface area contributed by atoms with Gasteiger partial charge in [-0.15, -0.1) is 0 Å². The predicted octanol–water partition coefficient (Wildman–Crippen LogP) is 1.59. The lowest BCUT2D eigenvalue weighted by molar-refractivity contribution is 0.270. The summed E-state index contributed by atoms with van der Waals surface area (Å²) in [6.45, 7) is 4.87. The fraction of sp³-hybridized carbons (Fsp3) is 0.455. The van der Waals surface area contributed by atoms with E-state index in [1.165, 1.54) is 0 Å². The van der Waals surface area contributed by atoms with Gasteiger partial charge in [0.25, 0.3) is 0 Å². The summed E-state index contributed by atoms with van der Waals surface area (Å²) in [6, 6.07) is 3.63. The summed E-state index contributed by atoms with van der Waals surface area (Å²) < 4.78 is 5.54. The molecule has 0 aliphatic carbocycles. The van der Waals surface area contributed by atoms with E-state index in [2.05, 4.69) is 18.8 Å². The number of rotatable bonds is 5. The summed E-state index contributed by atoms with van der Waals surface area (Å²) in [4.78, 5) is 4.11. The van der Waals surface area contributed by atoms with Crippen LogP contribution in [0.3, 0.4) is 0 Å². The van der Waals surface area contributed by atoms with Crippen LogP contribution in [0, 0.1) is 11.3 Å². The topological polar surface area (TPSA) is 72.0 Å². The zero-order chi connectivity index (χ0) is 11.3. The fourth-order valence-corrected chi connectivity index (χ4v) is 1.10. The molecule has 4 heteroatoms. The van der Waals surface area contributed by atoms with Gasteiger partial charge in [0.05, 0.1) is 18.1 Å². The van der Waals surface area contributed by atoms with E-state index >= 15 is 0 Å². The first-order valence-corrected chi connectivity index (χ1v) is 4.98. The van der Waals surface area contributed by atoms with Crippen LogP contribution < -0.4 is 10.5 Å². The number of hydrogen-bond acceptors (Lipinski definition) is 3. The minimum absolute atomic E-state index is 0.114. The summed E-state index contributed by atoms with van der Waals surface area (Å²) in [6.07, 6.45) is 2.05. The van der Waals surface area contributed by atoms with Crippen molar-refractivity contribution in [2.45, 2.75) is 20.3 Å². The molecule has 15 heavy (non-hydrogen) atoms. The normalized spacial score (nSPS) is 10.3. The molecule has 0 aliphatic heterocycles. The van der Waals surface area contributed by atoms with E-state index in [9.17, 15) is 0 Å². The number of aromatic nitrogens is 1. The molecule has 0 saturated heterocycles. The first kappa shape index (κ1) is 11.5. The summed E-state index contributed by atoms with van der Waals surface area (Å²) in [5, 5.41) is 7.17. The maximum absolute atomic E-state index is 7.17. The van der Waals surface area contributed by atoms with Gasteiger partial charge in [0.15, 0.2) is 0 Å². The van der Waals surface area contributed by atoms with E-state index in [0.717, 1.165) is 11.4 Å². The number of ether oxygens (including phenoxy) is 1. The van der Waals surface area contributed by atoms with Crippen LogP contribution in [-0.4, -0.2) is 17.4 Å². The van der Waals surface area contributed by atoms with Crippen LogP contribution in [0.5, 0.6) is 5.75 Å². The smallest absolute Gasteiger partial charge is 0.122 e. The zero-order valence-electron chi connectivity index (χ0n) is 9.16. The maximum Gasteiger partial charge on any atom is 0.122 e. The van der Waals surface area contributed by atoms with Gasteiger partial charge in [0.2, 0.25) is 0 Å². The average molecular weight is 207 g/mol. The van der Waals surface area contributed by atoms with Gasteiger partial charge in [-0.25, -0.2) is 0 Å². The quantitative estimate of drug-likeness (QED) is 0.569. The van der Waals surface area contributed by atoms with Crippen molar-refractivity contribution >= 4 is 5.84 Å². The second-order valence-corrected chi connectivity index (χ2v) is 3.89. The Labute approximate surface area is 90.0 Å². The lowest BCUT2D eigenvalue weighted by Crippen LogP contribution is -2.13. The second-order valence-electron chi connectivity index (χ2n) is 3.89. The minimum Gasteiger partial charge on any atom is -0.493 e. The molecular weight excluding hydrogens is 190 g/mol. The Balaban J connectivity index is 2.61. The molecule has 82 valence electrons. The van der Waals surface area contributed by atoms with Gasteiger partial charge in [-0.2, -0.15) is 0 Å². The summed E-state index contributed by atoms with van der Waals surface area (Å²) >= 11 is 0. The van der Waals surface area contributed by atoms with Gasteiger partial charge >= 0.3 is 0 Å².